The van der Waals surface area contributed by atoms with Crippen molar-refractivity contribution >= 4 is 12.1 Å². The standard InChI is InChI=1S/C19H30N4O3/c1-5-20-17(21-12-14-6-8-16(24)9-7-14)23-11-10-15(13-23)22-18(25)26-19(2,3)4/h6-9,15,24H,5,10-13H2,1-4H3,(H,20,21)(H,22,25). The Balaban J connectivity index is 1.92. The predicted molar refractivity (Wildman–Crippen MR) is 102 cm³/mol. The first-order valence-electron chi connectivity index (χ1n) is 9.07. The van der Waals surface area contributed by atoms with Gasteiger partial charge in [-0.25, -0.2) is 9.79 Å². The quantitative estimate of drug-likeness (QED) is 0.566. The molecule has 1 fully saturated rings. The number of benzene rings is 1. The van der Waals surface area contributed by atoms with E-state index in [-0.39, 0.29) is 17.9 Å². The second-order valence-corrected chi connectivity index (χ2v) is 7.41. The highest BCUT2D eigenvalue weighted by Crippen LogP contribution is 2.14. The van der Waals surface area contributed by atoms with E-state index in [0.717, 1.165) is 31.0 Å². The molecule has 26 heavy (non-hydrogen) atoms. The number of alkyl carbamates (subject to hydrolysis) is 1. The molecular weight excluding hydrogens is 332 g/mol. The molecule has 0 saturated carbocycles. The molecule has 0 aromatic heterocycles. The first kappa shape index (κ1) is 19.9. The highest BCUT2D eigenvalue weighted by Gasteiger charge is 2.27. The Morgan fingerprint density at radius 2 is 2.04 bits per heavy atom. The summed E-state index contributed by atoms with van der Waals surface area (Å²) < 4.78 is 5.32. The first-order valence-corrected chi connectivity index (χ1v) is 9.07. The molecule has 1 amide bonds. The van der Waals surface area contributed by atoms with Gasteiger partial charge in [-0.05, 0) is 51.8 Å². The third-order valence-corrected chi connectivity index (χ3v) is 3.89. The Kier molecular flexibility index (Phi) is 6.71. The fourth-order valence-electron chi connectivity index (χ4n) is 2.74. The number of hydrogen-bond acceptors (Lipinski definition) is 4. The molecule has 7 heteroatoms. The molecule has 1 aliphatic rings. The number of carbonyl (C=O) groups is 1. The zero-order valence-electron chi connectivity index (χ0n) is 16.1. The molecule has 144 valence electrons. The summed E-state index contributed by atoms with van der Waals surface area (Å²) in [5.41, 5.74) is 0.531. The van der Waals surface area contributed by atoms with Gasteiger partial charge in [-0.1, -0.05) is 12.1 Å². The summed E-state index contributed by atoms with van der Waals surface area (Å²) in [4.78, 5) is 18.8. The number of aromatic hydroxyl groups is 1. The van der Waals surface area contributed by atoms with Crippen LogP contribution in [0.4, 0.5) is 4.79 Å². The van der Waals surface area contributed by atoms with Crippen molar-refractivity contribution in [3.05, 3.63) is 29.8 Å². The van der Waals surface area contributed by atoms with Crippen LogP contribution in [0.25, 0.3) is 0 Å². The fourth-order valence-corrected chi connectivity index (χ4v) is 2.74. The minimum absolute atomic E-state index is 0.0439. The molecule has 0 bridgehead atoms. The number of phenolic OH excluding ortho intramolecular Hbond substituents is 1. The van der Waals surface area contributed by atoms with Crippen molar-refractivity contribution in [1.29, 1.82) is 0 Å². The molecule has 7 nitrogen and oxygen atoms in total. The number of phenols is 1. The Hall–Kier alpha value is -2.44. The van der Waals surface area contributed by atoms with Gasteiger partial charge in [-0.2, -0.15) is 0 Å². The van der Waals surface area contributed by atoms with E-state index in [1.807, 2.05) is 39.8 Å². The first-order chi connectivity index (χ1) is 12.3. The van der Waals surface area contributed by atoms with Gasteiger partial charge in [0.2, 0.25) is 0 Å². The van der Waals surface area contributed by atoms with Gasteiger partial charge in [0.1, 0.15) is 11.4 Å². The number of aliphatic imine (C=N–C) groups is 1. The van der Waals surface area contributed by atoms with Gasteiger partial charge in [0, 0.05) is 19.6 Å². The van der Waals surface area contributed by atoms with E-state index in [1.54, 1.807) is 12.1 Å². The summed E-state index contributed by atoms with van der Waals surface area (Å²) in [6, 6.07) is 7.09. The largest absolute Gasteiger partial charge is 0.508 e. The summed E-state index contributed by atoms with van der Waals surface area (Å²) in [6.45, 7) is 10.4. The Morgan fingerprint density at radius 1 is 1.35 bits per heavy atom. The molecule has 0 aliphatic carbocycles. The fraction of sp³-hybridized carbons (Fsp3) is 0.579. The van der Waals surface area contributed by atoms with Crippen LogP contribution in [0.15, 0.2) is 29.3 Å². The molecule has 0 radical (unpaired) electrons. The lowest BCUT2D eigenvalue weighted by Crippen LogP contribution is -2.44. The molecule has 1 heterocycles. The number of nitrogens with one attached hydrogen (secondary N) is 2. The smallest absolute Gasteiger partial charge is 0.407 e. The van der Waals surface area contributed by atoms with Gasteiger partial charge in [-0.15, -0.1) is 0 Å². The molecule has 1 saturated heterocycles. The Bertz CT molecular complexity index is 623. The van der Waals surface area contributed by atoms with Crippen LogP contribution < -0.4 is 10.6 Å². The van der Waals surface area contributed by atoms with Crippen LogP contribution in [-0.2, 0) is 11.3 Å². The number of ether oxygens (including phenoxy) is 1. The van der Waals surface area contributed by atoms with Crippen molar-refractivity contribution in [3.63, 3.8) is 0 Å². The number of guanidine groups is 1. The van der Waals surface area contributed by atoms with Gasteiger partial charge in [-0.3, -0.25) is 0 Å². The highest BCUT2D eigenvalue weighted by molar-refractivity contribution is 5.80. The number of carbonyl (C=O) groups excluding carboxylic acids is 1. The molecule has 1 aliphatic heterocycles. The second kappa shape index (κ2) is 8.78. The number of hydrogen-bond donors (Lipinski definition) is 3. The normalized spacial score (nSPS) is 17.9. The van der Waals surface area contributed by atoms with Crippen LogP contribution in [0.1, 0.15) is 39.7 Å². The summed E-state index contributed by atoms with van der Waals surface area (Å²) in [6.07, 6.45) is 0.471. The van der Waals surface area contributed by atoms with Gasteiger partial charge < -0.3 is 25.4 Å². The average molecular weight is 362 g/mol. The molecular formula is C19H30N4O3. The minimum Gasteiger partial charge on any atom is -0.508 e. The summed E-state index contributed by atoms with van der Waals surface area (Å²) in [7, 11) is 0. The molecule has 1 atom stereocenters. The lowest BCUT2D eigenvalue weighted by atomic mass is 10.2. The SMILES string of the molecule is CCNC(=NCc1ccc(O)cc1)N1CCC(NC(=O)OC(C)(C)C)C1. The number of nitrogens with zero attached hydrogens (tertiary/aromatic N) is 2. The number of rotatable bonds is 4. The van der Waals surface area contributed by atoms with Crippen LogP contribution in [-0.4, -0.2) is 53.3 Å². The molecule has 1 aromatic carbocycles. The van der Waals surface area contributed by atoms with E-state index in [1.165, 1.54) is 0 Å². The van der Waals surface area contributed by atoms with Gasteiger partial charge in [0.15, 0.2) is 5.96 Å². The highest BCUT2D eigenvalue weighted by atomic mass is 16.6. The Labute approximate surface area is 155 Å². The maximum absolute atomic E-state index is 11.9. The molecule has 1 unspecified atom stereocenters. The molecule has 1 aromatic rings. The summed E-state index contributed by atoms with van der Waals surface area (Å²) >= 11 is 0. The lowest BCUT2D eigenvalue weighted by Gasteiger charge is -2.23. The monoisotopic (exact) mass is 362 g/mol. The van der Waals surface area contributed by atoms with Crippen LogP contribution in [0.2, 0.25) is 0 Å². The van der Waals surface area contributed by atoms with Crippen molar-refractivity contribution < 1.29 is 14.6 Å². The Morgan fingerprint density at radius 3 is 2.65 bits per heavy atom. The van der Waals surface area contributed by atoms with Crippen LogP contribution in [0.5, 0.6) is 5.75 Å². The molecule has 2 rings (SSSR count). The average Bonchev–Trinajstić information content (AvgIpc) is 2.99. The predicted octanol–water partition coefficient (Wildman–Crippen LogP) is 2.46. The second-order valence-electron chi connectivity index (χ2n) is 7.41. The number of amides is 1. The van der Waals surface area contributed by atoms with E-state index in [9.17, 15) is 9.90 Å². The van der Waals surface area contributed by atoms with E-state index in [4.69, 9.17) is 4.74 Å². The maximum atomic E-state index is 11.9. The van der Waals surface area contributed by atoms with Crippen molar-refractivity contribution in [2.75, 3.05) is 19.6 Å². The summed E-state index contributed by atoms with van der Waals surface area (Å²) in [5.74, 6) is 1.08. The van der Waals surface area contributed by atoms with Crippen LogP contribution >= 0.6 is 0 Å². The van der Waals surface area contributed by atoms with Crippen molar-refractivity contribution in [3.8, 4) is 5.75 Å². The third-order valence-electron chi connectivity index (χ3n) is 3.89. The van der Waals surface area contributed by atoms with Gasteiger partial charge >= 0.3 is 6.09 Å². The van der Waals surface area contributed by atoms with E-state index in [2.05, 4.69) is 20.5 Å². The minimum atomic E-state index is -0.497. The molecule has 3 N–H and O–H groups in total. The van der Waals surface area contributed by atoms with E-state index < -0.39 is 5.60 Å². The summed E-state index contributed by atoms with van der Waals surface area (Å²) in [5, 5.41) is 15.6. The van der Waals surface area contributed by atoms with Gasteiger partial charge in [0.25, 0.3) is 0 Å². The zero-order chi connectivity index (χ0) is 19.2. The van der Waals surface area contributed by atoms with Crippen LogP contribution in [0, 0.1) is 0 Å². The van der Waals surface area contributed by atoms with Gasteiger partial charge in [0.05, 0.1) is 12.6 Å². The van der Waals surface area contributed by atoms with Crippen LogP contribution in [0.3, 0.4) is 0 Å². The van der Waals surface area contributed by atoms with E-state index in [0.29, 0.717) is 13.1 Å². The number of likely N-dealkylation sites (tertiary alicyclic amines) is 1. The van der Waals surface area contributed by atoms with Crippen molar-refractivity contribution in [2.24, 2.45) is 4.99 Å². The topological polar surface area (TPSA) is 86.2 Å². The maximum Gasteiger partial charge on any atom is 0.407 e. The van der Waals surface area contributed by atoms with Crippen molar-refractivity contribution in [1.82, 2.24) is 15.5 Å². The lowest BCUT2D eigenvalue weighted by molar-refractivity contribution is 0.0507. The third kappa shape index (κ3) is 6.46. The zero-order valence-corrected chi connectivity index (χ0v) is 16.1. The molecule has 0 spiro atoms. The van der Waals surface area contributed by atoms with E-state index >= 15 is 0 Å². The van der Waals surface area contributed by atoms with Crippen molar-refractivity contribution in [2.45, 2.75) is 52.3 Å².